The third kappa shape index (κ3) is 2.99. The molecule has 0 aromatic heterocycles. The largest absolute Gasteiger partial charge is 0.207 e. The van der Waals surface area contributed by atoms with E-state index in [1.165, 1.54) is 6.07 Å². The Hall–Kier alpha value is -1.05. The summed E-state index contributed by atoms with van der Waals surface area (Å²) >= 11 is 12.5. The minimum Gasteiger partial charge on any atom is -0.207 e. The highest BCUT2D eigenvalue weighted by atomic mass is 35.5. The molecule has 2 aromatic carbocycles. The van der Waals surface area contributed by atoms with Gasteiger partial charge in [0.05, 0.1) is 0 Å². The van der Waals surface area contributed by atoms with Gasteiger partial charge in [-0.2, -0.15) is 0 Å². The van der Waals surface area contributed by atoms with Gasteiger partial charge in [0.1, 0.15) is 5.82 Å². The standard InChI is InChI=1S/C17H17Cl2F/c1-13-6-2-4-8-15(13)17(11-18,12-19)10-14-7-3-5-9-16(14)20/h2-9H,10-12H2,1H3. The predicted octanol–water partition coefficient (Wildman–Crippen LogP) is 5.09. The molecule has 2 aromatic rings. The van der Waals surface area contributed by atoms with Gasteiger partial charge in [-0.05, 0) is 36.1 Å². The molecule has 0 spiro atoms. The summed E-state index contributed by atoms with van der Waals surface area (Å²) in [6.07, 6.45) is 0.498. The molecule has 3 heteroatoms. The number of hydrogen-bond acceptors (Lipinski definition) is 0. The van der Waals surface area contributed by atoms with E-state index in [1.807, 2.05) is 37.3 Å². The maximum absolute atomic E-state index is 13.9. The minimum absolute atomic E-state index is 0.208. The van der Waals surface area contributed by atoms with Crippen LogP contribution in [0.15, 0.2) is 48.5 Å². The Bertz CT molecular complexity index is 577. The summed E-state index contributed by atoms with van der Waals surface area (Å²) in [6.45, 7) is 2.03. The molecule has 0 bridgehead atoms. The molecule has 0 saturated heterocycles. The first-order valence-electron chi connectivity index (χ1n) is 6.54. The maximum atomic E-state index is 13.9. The van der Waals surface area contributed by atoms with Crippen molar-refractivity contribution in [2.24, 2.45) is 0 Å². The number of alkyl halides is 2. The van der Waals surface area contributed by atoms with E-state index in [0.717, 1.165) is 11.1 Å². The molecule has 2 rings (SSSR count). The summed E-state index contributed by atoms with van der Waals surface area (Å²) in [5.41, 5.74) is 2.42. The van der Waals surface area contributed by atoms with Crippen molar-refractivity contribution in [3.8, 4) is 0 Å². The zero-order chi connectivity index (χ0) is 14.6. The Morgan fingerprint density at radius 1 is 0.950 bits per heavy atom. The lowest BCUT2D eigenvalue weighted by Gasteiger charge is -2.32. The van der Waals surface area contributed by atoms with Crippen LogP contribution < -0.4 is 0 Å². The average Bonchev–Trinajstić information content (AvgIpc) is 2.48. The van der Waals surface area contributed by atoms with Crippen molar-refractivity contribution in [3.63, 3.8) is 0 Å². The minimum atomic E-state index is -0.448. The first-order valence-corrected chi connectivity index (χ1v) is 7.61. The fourth-order valence-electron chi connectivity index (χ4n) is 2.54. The zero-order valence-electron chi connectivity index (χ0n) is 11.4. The van der Waals surface area contributed by atoms with Crippen LogP contribution in [0.25, 0.3) is 0 Å². The van der Waals surface area contributed by atoms with Gasteiger partial charge in [-0.1, -0.05) is 42.5 Å². The van der Waals surface area contributed by atoms with Gasteiger partial charge in [0.15, 0.2) is 0 Å². The molecular formula is C17H17Cl2F. The Balaban J connectivity index is 2.46. The molecule has 20 heavy (non-hydrogen) atoms. The molecule has 0 N–H and O–H groups in total. The van der Waals surface area contributed by atoms with Crippen LogP contribution in [0.3, 0.4) is 0 Å². The van der Waals surface area contributed by atoms with E-state index in [1.54, 1.807) is 12.1 Å². The SMILES string of the molecule is Cc1ccccc1C(CCl)(CCl)Cc1ccccc1F. The van der Waals surface area contributed by atoms with Gasteiger partial charge < -0.3 is 0 Å². The highest BCUT2D eigenvalue weighted by Gasteiger charge is 2.33. The highest BCUT2D eigenvalue weighted by Crippen LogP contribution is 2.34. The third-order valence-electron chi connectivity index (χ3n) is 3.71. The highest BCUT2D eigenvalue weighted by molar-refractivity contribution is 6.22. The lowest BCUT2D eigenvalue weighted by atomic mass is 9.77. The summed E-state index contributed by atoms with van der Waals surface area (Å²) in [7, 11) is 0. The summed E-state index contributed by atoms with van der Waals surface area (Å²) in [5.74, 6) is 0.506. The van der Waals surface area contributed by atoms with Crippen molar-refractivity contribution in [1.82, 2.24) is 0 Å². The number of aryl methyl sites for hydroxylation is 1. The Morgan fingerprint density at radius 2 is 1.55 bits per heavy atom. The number of halogens is 3. The molecule has 0 radical (unpaired) electrons. The molecule has 0 saturated carbocycles. The number of rotatable bonds is 5. The lowest BCUT2D eigenvalue weighted by molar-refractivity contribution is 0.509. The van der Waals surface area contributed by atoms with Crippen molar-refractivity contribution >= 4 is 23.2 Å². The van der Waals surface area contributed by atoms with E-state index in [2.05, 4.69) is 0 Å². The second kappa shape index (κ2) is 6.60. The van der Waals surface area contributed by atoms with Crippen LogP contribution in [0.4, 0.5) is 4.39 Å². The molecule has 0 nitrogen and oxygen atoms in total. The molecule has 0 amide bonds. The summed E-state index contributed by atoms with van der Waals surface area (Å²) in [4.78, 5) is 0. The van der Waals surface area contributed by atoms with Crippen molar-refractivity contribution in [2.75, 3.05) is 11.8 Å². The van der Waals surface area contributed by atoms with Crippen LogP contribution in [0, 0.1) is 12.7 Å². The van der Waals surface area contributed by atoms with E-state index >= 15 is 0 Å². The molecule has 106 valence electrons. The number of hydrogen-bond donors (Lipinski definition) is 0. The van der Waals surface area contributed by atoms with Crippen LogP contribution in [0.2, 0.25) is 0 Å². The molecule has 0 atom stereocenters. The van der Waals surface area contributed by atoms with Gasteiger partial charge in [0.2, 0.25) is 0 Å². The first kappa shape index (κ1) is 15.3. The molecule has 0 aliphatic heterocycles. The second-order valence-electron chi connectivity index (χ2n) is 5.13. The third-order valence-corrected chi connectivity index (χ3v) is 4.74. The smallest absolute Gasteiger partial charge is 0.126 e. The Labute approximate surface area is 129 Å². The predicted molar refractivity (Wildman–Crippen MR) is 84.4 cm³/mol. The number of benzene rings is 2. The first-order chi connectivity index (χ1) is 9.63. The van der Waals surface area contributed by atoms with Gasteiger partial charge in [-0.3, -0.25) is 0 Å². The van der Waals surface area contributed by atoms with Crippen LogP contribution in [0.5, 0.6) is 0 Å². The van der Waals surface area contributed by atoms with Crippen molar-refractivity contribution in [2.45, 2.75) is 18.8 Å². The molecule has 0 aliphatic carbocycles. The topological polar surface area (TPSA) is 0 Å². The lowest BCUT2D eigenvalue weighted by Crippen LogP contribution is -2.34. The quantitative estimate of drug-likeness (QED) is 0.675. The Kier molecular flexibility index (Phi) is 5.06. The van der Waals surface area contributed by atoms with Crippen molar-refractivity contribution in [1.29, 1.82) is 0 Å². The van der Waals surface area contributed by atoms with E-state index in [-0.39, 0.29) is 5.82 Å². The average molecular weight is 311 g/mol. The van der Waals surface area contributed by atoms with E-state index in [9.17, 15) is 4.39 Å². The maximum Gasteiger partial charge on any atom is 0.126 e. The molecule has 0 heterocycles. The fraction of sp³-hybridized carbons (Fsp3) is 0.294. The summed E-state index contributed by atoms with van der Waals surface area (Å²) < 4.78 is 13.9. The van der Waals surface area contributed by atoms with Crippen molar-refractivity contribution in [3.05, 3.63) is 71.0 Å². The van der Waals surface area contributed by atoms with Crippen molar-refractivity contribution < 1.29 is 4.39 Å². The molecule has 0 unspecified atom stereocenters. The van der Waals surface area contributed by atoms with Crippen LogP contribution in [-0.2, 0) is 11.8 Å². The van der Waals surface area contributed by atoms with Gasteiger partial charge in [0, 0.05) is 17.2 Å². The second-order valence-corrected chi connectivity index (χ2v) is 5.67. The zero-order valence-corrected chi connectivity index (χ0v) is 12.9. The van der Waals surface area contributed by atoms with Gasteiger partial charge in [-0.15, -0.1) is 23.2 Å². The molecule has 0 aliphatic rings. The van der Waals surface area contributed by atoms with E-state index in [0.29, 0.717) is 23.7 Å². The summed E-state index contributed by atoms with van der Waals surface area (Å²) in [6, 6.07) is 14.8. The van der Waals surface area contributed by atoms with Gasteiger partial charge in [-0.25, -0.2) is 4.39 Å². The van der Waals surface area contributed by atoms with Gasteiger partial charge in [0.25, 0.3) is 0 Å². The van der Waals surface area contributed by atoms with Crippen LogP contribution in [-0.4, -0.2) is 11.8 Å². The monoisotopic (exact) mass is 310 g/mol. The normalized spacial score (nSPS) is 11.6. The Morgan fingerprint density at radius 3 is 2.15 bits per heavy atom. The molecular weight excluding hydrogens is 294 g/mol. The summed E-state index contributed by atoms with van der Waals surface area (Å²) in [5, 5.41) is 0. The fourth-order valence-corrected chi connectivity index (χ4v) is 3.31. The van der Waals surface area contributed by atoms with E-state index in [4.69, 9.17) is 23.2 Å². The van der Waals surface area contributed by atoms with E-state index < -0.39 is 5.41 Å². The van der Waals surface area contributed by atoms with Crippen LogP contribution in [0.1, 0.15) is 16.7 Å². The molecule has 0 fully saturated rings. The van der Waals surface area contributed by atoms with Crippen LogP contribution >= 0.6 is 23.2 Å². The van der Waals surface area contributed by atoms with Gasteiger partial charge >= 0.3 is 0 Å².